The Morgan fingerprint density at radius 3 is 2.65 bits per heavy atom. The van der Waals surface area contributed by atoms with Crippen LogP contribution in [0.5, 0.6) is 0 Å². The van der Waals surface area contributed by atoms with Gasteiger partial charge in [-0.25, -0.2) is 4.98 Å². The standard InChI is InChI=1S/C17H18N4OS/c1-13(15-4-9-23-12-15)20-5-7-21(8-6-20)17(22)16-3-2-14(10-18)11-19-16/h2-4,9,11-13H,5-8H2,1H3/t13-/m0/s1. The summed E-state index contributed by atoms with van der Waals surface area (Å²) in [5, 5.41) is 13.1. The van der Waals surface area contributed by atoms with Crippen LogP contribution in [-0.2, 0) is 0 Å². The fraction of sp³-hybridized carbons (Fsp3) is 0.353. The number of carbonyl (C=O) groups excluding carboxylic acids is 1. The number of piperazine rings is 1. The molecule has 0 radical (unpaired) electrons. The normalized spacial score (nSPS) is 16.8. The maximum Gasteiger partial charge on any atom is 0.272 e. The number of aromatic nitrogens is 1. The minimum atomic E-state index is -0.0580. The molecule has 1 amide bonds. The van der Waals surface area contributed by atoms with Crippen molar-refractivity contribution in [3.8, 4) is 6.07 Å². The van der Waals surface area contributed by atoms with Crippen LogP contribution in [0, 0.1) is 11.3 Å². The predicted molar refractivity (Wildman–Crippen MR) is 89.2 cm³/mol. The van der Waals surface area contributed by atoms with Gasteiger partial charge in [0.1, 0.15) is 11.8 Å². The third-order valence-corrected chi connectivity index (χ3v) is 4.99. The molecule has 23 heavy (non-hydrogen) atoms. The average Bonchev–Trinajstić information content (AvgIpc) is 3.15. The van der Waals surface area contributed by atoms with Crippen molar-refractivity contribution in [2.24, 2.45) is 0 Å². The molecular formula is C17H18N4OS. The Balaban J connectivity index is 1.60. The molecule has 3 rings (SSSR count). The monoisotopic (exact) mass is 326 g/mol. The number of carbonyl (C=O) groups is 1. The van der Waals surface area contributed by atoms with Crippen molar-refractivity contribution in [3.05, 3.63) is 52.0 Å². The highest BCUT2D eigenvalue weighted by Gasteiger charge is 2.26. The van der Waals surface area contributed by atoms with Crippen molar-refractivity contribution in [2.45, 2.75) is 13.0 Å². The lowest BCUT2D eigenvalue weighted by molar-refractivity contribution is 0.0577. The van der Waals surface area contributed by atoms with E-state index in [1.807, 2.05) is 11.0 Å². The second-order valence-corrected chi connectivity index (χ2v) is 6.38. The van der Waals surface area contributed by atoms with Crippen LogP contribution in [0.15, 0.2) is 35.2 Å². The van der Waals surface area contributed by atoms with E-state index in [1.165, 1.54) is 11.8 Å². The van der Waals surface area contributed by atoms with Crippen LogP contribution < -0.4 is 0 Å². The summed E-state index contributed by atoms with van der Waals surface area (Å²) in [6.07, 6.45) is 1.45. The maximum atomic E-state index is 12.5. The molecule has 0 aliphatic carbocycles. The molecule has 0 unspecified atom stereocenters. The minimum Gasteiger partial charge on any atom is -0.335 e. The largest absolute Gasteiger partial charge is 0.335 e. The lowest BCUT2D eigenvalue weighted by Crippen LogP contribution is -2.49. The third kappa shape index (κ3) is 3.41. The van der Waals surface area contributed by atoms with Crippen LogP contribution in [0.2, 0.25) is 0 Å². The van der Waals surface area contributed by atoms with Gasteiger partial charge in [0, 0.05) is 38.4 Å². The van der Waals surface area contributed by atoms with Crippen LogP contribution in [-0.4, -0.2) is 46.9 Å². The number of hydrogen-bond donors (Lipinski definition) is 0. The van der Waals surface area contributed by atoms with Gasteiger partial charge in [-0.1, -0.05) is 0 Å². The molecule has 1 saturated heterocycles. The van der Waals surface area contributed by atoms with Gasteiger partial charge >= 0.3 is 0 Å². The van der Waals surface area contributed by atoms with E-state index in [-0.39, 0.29) is 5.91 Å². The van der Waals surface area contributed by atoms with Crippen LogP contribution in [0.3, 0.4) is 0 Å². The van der Waals surface area contributed by atoms with Gasteiger partial charge in [0.05, 0.1) is 5.56 Å². The molecule has 2 aromatic rings. The van der Waals surface area contributed by atoms with E-state index in [0.717, 1.165) is 13.1 Å². The minimum absolute atomic E-state index is 0.0580. The lowest BCUT2D eigenvalue weighted by atomic mass is 10.1. The fourth-order valence-corrected chi connectivity index (χ4v) is 3.53. The number of rotatable bonds is 3. The van der Waals surface area contributed by atoms with Crippen LogP contribution >= 0.6 is 11.3 Å². The van der Waals surface area contributed by atoms with Gasteiger partial charge < -0.3 is 4.90 Å². The quantitative estimate of drug-likeness (QED) is 0.869. The van der Waals surface area contributed by atoms with E-state index in [2.05, 4.69) is 33.6 Å². The van der Waals surface area contributed by atoms with Gasteiger partial charge in [0.15, 0.2) is 0 Å². The summed E-state index contributed by atoms with van der Waals surface area (Å²) in [5.41, 5.74) is 2.21. The summed E-state index contributed by atoms with van der Waals surface area (Å²) in [6.45, 7) is 5.34. The molecule has 5 nitrogen and oxygen atoms in total. The molecular weight excluding hydrogens is 308 g/mol. The van der Waals surface area contributed by atoms with E-state index in [1.54, 1.807) is 23.5 Å². The van der Waals surface area contributed by atoms with Crippen molar-refractivity contribution in [3.63, 3.8) is 0 Å². The van der Waals surface area contributed by atoms with E-state index in [4.69, 9.17) is 5.26 Å². The van der Waals surface area contributed by atoms with Crippen LogP contribution in [0.1, 0.15) is 34.6 Å². The molecule has 0 spiro atoms. The topological polar surface area (TPSA) is 60.2 Å². The molecule has 118 valence electrons. The lowest BCUT2D eigenvalue weighted by Gasteiger charge is -2.37. The Morgan fingerprint density at radius 2 is 2.09 bits per heavy atom. The number of hydrogen-bond acceptors (Lipinski definition) is 5. The molecule has 1 atom stereocenters. The molecule has 6 heteroatoms. The summed E-state index contributed by atoms with van der Waals surface area (Å²) >= 11 is 1.72. The molecule has 0 N–H and O–H groups in total. The van der Waals surface area contributed by atoms with Gasteiger partial charge in [0.25, 0.3) is 5.91 Å². The third-order valence-electron chi connectivity index (χ3n) is 4.29. The second kappa shape index (κ2) is 6.90. The first kappa shape index (κ1) is 15.7. The van der Waals surface area contributed by atoms with E-state index in [0.29, 0.717) is 30.4 Å². The Morgan fingerprint density at radius 1 is 1.30 bits per heavy atom. The zero-order valence-electron chi connectivity index (χ0n) is 13.0. The Bertz CT molecular complexity index is 697. The molecule has 0 bridgehead atoms. The zero-order valence-corrected chi connectivity index (χ0v) is 13.8. The maximum absolute atomic E-state index is 12.5. The summed E-state index contributed by atoms with van der Waals surface area (Å²) in [7, 11) is 0. The smallest absolute Gasteiger partial charge is 0.272 e. The zero-order chi connectivity index (χ0) is 16.2. The number of nitriles is 1. The van der Waals surface area contributed by atoms with Gasteiger partial charge in [-0.3, -0.25) is 9.69 Å². The molecule has 3 heterocycles. The molecule has 1 aliphatic heterocycles. The van der Waals surface area contributed by atoms with Crippen molar-refractivity contribution in [1.29, 1.82) is 5.26 Å². The van der Waals surface area contributed by atoms with Gasteiger partial charge in [-0.15, -0.1) is 0 Å². The molecule has 0 saturated carbocycles. The summed E-state index contributed by atoms with van der Waals surface area (Å²) in [6, 6.07) is 7.81. The molecule has 1 fully saturated rings. The number of nitrogens with zero attached hydrogens (tertiary/aromatic N) is 4. The predicted octanol–water partition coefficient (Wildman–Crippen LogP) is 2.53. The van der Waals surface area contributed by atoms with Crippen molar-refractivity contribution in [1.82, 2.24) is 14.8 Å². The van der Waals surface area contributed by atoms with E-state index >= 15 is 0 Å². The van der Waals surface area contributed by atoms with Crippen molar-refractivity contribution in [2.75, 3.05) is 26.2 Å². The van der Waals surface area contributed by atoms with Gasteiger partial charge in [-0.2, -0.15) is 16.6 Å². The summed E-state index contributed by atoms with van der Waals surface area (Å²) in [4.78, 5) is 20.8. The summed E-state index contributed by atoms with van der Waals surface area (Å²) < 4.78 is 0. The van der Waals surface area contributed by atoms with Crippen LogP contribution in [0.25, 0.3) is 0 Å². The van der Waals surface area contributed by atoms with Crippen LogP contribution in [0.4, 0.5) is 0 Å². The molecule has 2 aromatic heterocycles. The summed E-state index contributed by atoms with van der Waals surface area (Å²) in [5.74, 6) is -0.0580. The number of amides is 1. The highest BCUT2D eigenvalue weighted by atomic mass is 32.1. The SMILES string of the molecule is C[C@@H](c1ccsc1)N1CCN(C(=O)c2ccc(C#N)cn2)CC1. The van der Waals surface area contributed by atoms with Gasteiger partial charge in [-0.05, 0) is 41.4 Å². The fourth-order valence-electron chi connectivity index (χ4n) is 2.78. The Labute approximate surface area is 139 Å². The highest BCUT2D eigenvalue weighted by Crippen LogP contribution is 2.23. The molecule has 1 aliphatic rings. The first-order chi connectivity index (χ1) is 11.2. The van der Waals surface area contributed by atoms with Gasteiger partial charge in [0.2, 0.25) is 0 Å². The Kier molecular flexibility index (Phi) is 4.70. The Hall–Kier alpha value is -2.23. The second-order valence-electron chi connectivity index (χ2n) is 5.60. The van der Waals surface area contributed by atoms with Crippen molar-refractivity contribution >= 4 is 17.2 Å². The van der Waals surface area contributed by atoms with E-state index < -0.39 is 0 Å². The van der Waals surface area contributed by atoms with E-state index in [9.17, 15) is 4.79 Å². The van der Waals surface area contributed by atoms with Crippen molar-refractivity contribution < 1.29 is 4.79 Å². The number of pyridine rings is 1. The highest BCUT2D eigenvalue weighted by molar-refractivity contribution is 7.07. The number of thiophene rings is 1. The molecule has 0 aromatic carbocycles. The average molecular weight is 326 g/mol. The first-order valence-electron chi connectivity index (χ1n) is 7.60. The first-order valence-corrected chi connectivity index (χ1v) is 8.55.